The van der Waals surface area contributed by atoms with Crippen molar-refractivity contribution in [2.75, 3.05) is 0 Å². The normalized spacial score (nSPS) is 12.5. The molecule has 136 valence electrons. The molecular formula is C23H30O2-2. The quantitative estimate of drug-likeness (QED) is 0.801. The molecule has 0 spiro atoms. The molecule has 0 fully saturated rings. The van der Waals surface area contributed by atoms with Crippen molar-refractivity contribution in [3.63, 3.8) is 0 Å². The lowest BCUT2D eigenvalue weighted by Gasteiger charge is -2.31. The fraction of sp³-hybridized carbons (Fsp3) is 0.478. The van der Waals surface area contributed by atoms with E-state index in [0.29, 0.717) is 17.5 Å². The standard InChI is InChI=1S/C23H32O2/c1-14-9-16(20(24)18(11-14)22(3,4)5)13-17-10-15(2)12-19(21(17)25)23(6,7)8/h9-12,24-25H,13H2,1-8H3/p-2. The van der Waals surface area contributed by atoms with Crippen molar-refractivity contribution >= 4 is 0 Å². The molecule has 0 unspecified atom stereocenters. The fourth-order valence-electron chi connectivity index (χ4n) is 3.28. The van der Waals surface area contributed by atoms with E-state index < -0.39 is 0 Å². The second-order valence-electron chi connectivity index (χ2n) is 9.28. The van der Waals surface area contributed by atoms with Gasteiger partial charge in [0.05, 0.1) is 0 Å². The highest BCUT2D eigenvalue weighted by molar-refractivity contribution is 5.52. The third-order valence-electron chi connectivity index (χ3n) is 4.62. The van der Waals surface area contributed by atoms with E-state index in [2.05, 4.69) is 41.5 Å². The first kappa shape index (κ1) is 19.4. The van der Waals surface area contributed by atoms with Crippen LogP contribution in [0.15, 0.2) is 24.3 Å². The van der Waals surface area contributed by atoms with E-state index in [1.807, 2.05) is 38.1 Å². The van der Waals surface area contributed by atoms with Crippen molar-refractivity contribution in [2.24, 2.45) is 0 Å². The van der Waals surface area contributed by atoms with Gasteiger partial charge in [0.15, 0.2) is 0 Å². The topological polar surface area (TPSA) is 46.1 Å². The van der Waals surface area contributed by atoms with E-state index >= 15 is 0 Å². The van der Waals surface area contributed by atoms with E-state index in [0.717, 1.165) is 22.3 Å². The summed E-state index contributed by atoms with van der Waals surface area (Å²) in [6.07, 6.45) is 0.396. The van der Waals surface area contributed by atoms with E-state index in [1.165, 1.54) is 0 Å². The predicted molar refractivity (Wildman–Crippen MR) is 101 cm³/mol. The van der Waals surface area contributed by atoms with E-state index in [9.17, 15) is 10.2 Å². The van der Waals surface area contributed by atoms with Crippen LogP contribution in [0, 0.1) is 13.8 Å². The second kappa shape index (κ2) is 6.40. The van der Waals surface area contributed by atoms with E-state index in [1.54, 1.807) is 0 Å². The molecule has 0 bridgehead atoms. The van der Waals surface area contributed by atoms with E-state index in [4.69, 9.17) is 0 Å². The Balaban J connectivity index is 2.58. The molecule has 0 radical (unpaired) electrons. The lowest BCUT2D eigenvalue weighted by atomic mass is 9.81. The summed E-state index contributed by atoms with van der Waals surface area (Å²) in [5.74, 6) is 0.132. The molecule has 0 aromatic heterocycles. The Morgan fingerprint density at radius 2 is 0.960 bits per heavy atom. The smallest absolute Gasteiger partial charge is 0.00375 e. The Labute approximate surface area is 152 Å². The molecule has 0 N–H and O–H groups in total. The Morgan fingerprint density at radius 3 is 1.24 bits per heavy atom. The van der Waals surface area contributed by atoms with Gasteiger partial charge in [-0.25, -0.2) is 0 Å². The van der Waals surface area contributed by atoms with Crippen molar-refractivity contribution in [2.45, 2.75) is 72.6 Å². The third-order valence-corrected chi connectivity index (χ3v) is 4.62. The minimum absolute atomic E-state index is 0.0660. The van der Waals surface area contributed by atoms with Gasteiger partial charge in [0.1, 0.15) is 0 Å². The molecule has 0 aliphatic heterocycles. The van der Waals surface area contributed by atoms with Crippen LogP contribution in [0.4, 0.5) is 0 Å². The first-order valence-electron chi connectivity index (χ1n) is 8.92. The zero-order valence-electron chi connectivity index (χ0n) is 16.8. The summed E-state index contributed by atoms with van der Waals surface area (Å²) in [6.45, 7) is 16.3. The maximum absolute atomic E-state index is 12.9. The van der Waals surface area contributed by atoms with Gasteiger partial charge >= 0.3 is 0 Å². The molecule has 0 saturated heterocycles. The van der Waals surface area contributed by atoms with Gasteiger partial charge in [0.25, 0.3) is 0 Å². The minimum Gasteiger partial charge on any atom is -0.872 e. The molecule has 2 nitrogen and oxygen atoms in total. The highest BCUT2D eigenvalue weighted by Gasteiger charge is 2.19. The highest BCUT2D eigenvalue weighted by atomic mass is 16.3. The summed E-state index contributed by atoms with van der Waals surface area (Å²) < 4.78 is 0. The Bertz CT molecular complexity index is 720. The molecule has 0 aliphatic rings. The molecule has 0 atom stereocenters. The molecule has 2 aromatic rings. The summed E-state index contributed by atoms with van der Waals surface area (Å²) >= 11 is 0. The van der Waals surface area contributed by atoms with Gasteiger partial charge in [-0.15, -0.1) is 11.5 Å². The molecule has 25 heavy (non-hydrogen) atoms. The maximum atomic E-state index is 12.9. The monoisotopic (exact) mass is 338 g/mol. The predicted octanol–water partition coefficient (Wildman–Crippen LogP) is 4.64. The molecule has 0 saturated carbocycles. The fourth-order valence-corrected chi connectivity index (χ4v) is 3.28. The number of benzene rings is 2. The summed E-state index contributed by atoms with van der Waals surface area (Å²) in [5, 5.41) is 25.9. The van der Waals surface area contributed by atoms with E-state index in [-0.39, 0.29) is 22.3 Å². The Hall–Kier alpha value is -1.96. The van der Waals surface area contributed by atoms with Crippen LogP contribution < -0.4 is 10.2 Å². The van der Waals surface area contributed by atoms with Crippen LogP contribution in [0.1, 0.15) is 74.9 Å². The molecular weight excluding hydrogens is 308 g/mol. The second-order valence-corrected chi connectivity index (χ2v) is 9.28. The van der Waals surface area contributed by atoms with Crippen molar-refractivity contribution in [3.05, 3.63) is 57.6 Å². The average Bonchev–Trinajstić information content (AvgIpc) is 2.43. The highest BCUT2D eigenvalue weighted by Crippen LogP contribution is 2.37. The maximum Gasteiger partial charge on any atom is -0.00375 e. The summed E-state index contributed by atoms with van der Waals surface area (Å²) in [4.78, 5) is 0. The summed E-state index contributed by atoms with van der Waals surface area (Å²) in [7, 11) is 0. The van der Waals surface area contributed by atoms with Gasteiger partial charge in [-0.2, -0.15) is 0 Å². The Morgan fingerprint density at radius 1 is 0.640 bits per heavy atom. The Kier molecular flexibility index (Phi) is 4.96. The third kappa shape index (κ3) is 4.18. The summed E-state index contributed by atoms with van der Waals surface area (Å²) in [6, 6.07) is 7.80. The van der Waals surface area contributed by atoms with Crippen LogP contribution in [0.5, 0.6) is 11.5 Å². The first-order chi connectivity index (χ1) is 11.3. The summed E-state index contributed by atoms with van der Waals surface area (Å²) in [5.41, 5.74) is 4.78. The molecule has 2 heteroatoms. The molecule has 0 amide bonds. The zero-order valence-corrected chi connectivity index (χ0v) is 16.8. The van der Waals surface area contributed by atoms with Crippen molar-refractivity contribution in [1.29, 1.82) is 0 Å². The largest absolute Gasteiger partial charge is 0.872 e. The number of hydrogen-bond acceptors (Lipinski definition) is 2. The molecule has 0 aliphatic carbocycles. The van der Waals surface area contributed by atoms with Gasteiger partial charge in [-0.05, 0) is 42.2 Å². The van der Waals surface area contributed by atoms with Crippen LogP contribution in [-0.4, -0.2) is 0 Å². The first-order valence-corrected chi connectivity index (χ1v) is 8.92. The van der Waals surface area contributed by atoms with Crippen molar-refractivity contribution < 1.29 is 10.2 Å². The number of hydrogen-bond donors (Lipinski definition) is 0. The molecule has 0 heterocycles. The van der Waals surface area contributed by atoms with Crippen LogP contribution >= 0.6 is 0 Å². The van der Waals surface area contributed by atoms with Gasteiger partial charge in [0.2, 0.25) is 0 Å². The van der Waals surface area contributed by atoms with Crippen LogP contribution in [0.2, 0.25) is 0 Å². The average molecular weight is 338 g/mol. The molecule has 2 rings (SSSR count). The molecule has 2 aromatic carbocycles. The van der Waals surface area contributed by atoms with Crippen LogP contribution in [-0.2, 0) is 17.3 Å². The number of rotatable bonds is 2. The minimum atomic E-state index is -0.207. The lowest BCUT2D eigenvalue weighted by Crippen LogP contribution is -2.18. The zero-order chi connectivity index (χ0) is 19.2. The SMILES string of the molecule is Cc1cc(Cc2cc(C)cc(C(C)(C)C)c2[O-])c([O-])c(C(C)(C)C)c1. The van der Waals surface area contributed by atoms with Gasteiger partial charge in [0, 0.05) is 0 Å². The van der Waals surface area contributed by atoms with Gasteiger partial charge < -0.3 is 10.2 Å². The van der Waals surface area contributed by atoms with Crippen LogP contribution in [0.3, 0.4) is 0 Å². The van der Waals surface area contributed by atoms with Crippen molar-refractivity contribution in [3.8, 4) is 11.5 Å². The van der Waals surface area contributed by atoms with Gasteiger partial charge in [-0.3, -0.25) is 0 Å². The number of aryl methyl sites for hydroxylation is 2. The van der Waals surface area contributed by atoms with Crippen LogP contribution in [0.25, 0.3) is 0 Å². The van der Waals surface area contributed by atoms with Crippen molar-refractivity contribution in [1.82, 2.24) is 0 Å². The van der Waals surface area contributed by atoms with Gasteiger partial charge in [-0.1, -0.05) is 88.1 Å². The lowest BCUT2D eigenvalue weighted by molar-refractivity contribution is -0.272.